The Morgan fingerprint density at radius 2 is 1.76 bits per heavy atom. The van der Waals surface area contributed by atoms with Crippen LogP contribution in [0.15, 0.2) is 54.6 Å². The van der Waals surface area contributed by atoms with Crippen molar-refractivity contribution in [1.29, 1.82) is 0 Å². The molecule has 34 heavy (non-hydrogen) atoms. The lowest BCUT2D eigenvalue weighted by Gasteiger charge is -2.27. The Labute approximate surface area is 208 Å². The van der Waals surface area contributed by atoms with Crippen LogP contribution < -0.4 is 19.7 Å². The molecule has 6 nitrogen and oxygen atoms in total. The molecule has 1 N–H and O–H groups in total. The third kappa shape index (κ3) is 4.08. The molecule has 0 saturated carbocycles. The summed E-state index contributed by atoms with van der Waals surface area (Å²) >= 11 is 13.0. The second-order valence-electron chi connectivity index (χ2n) is 8.23. The van der Waals surface area contributed by atoms with E-state index in [1.807, 2.05) is 25.1 Å². The van der Waals surface area contributed by atoms with Gasteiger partial charge in [0.1, 0.15) is 16.9 Å². The summed E-state index contributed by atoms with van der Waals surface area (Å²) in [5.74, 6) is 0.895. The highest BCUT2D eigenvalue weighted by molar-refractivity contribution is 6.33. The zero-order chi connectivity index (χ0) is 24.6. The van der Waals surface area contributed by atoms with Crippen LogP contribution in [0, 0.1) is 0 Å². The van der Waals surface area contributed by atoms with Crippen LogP contribution in [0.5, 0.6) is 11.5 Å². The first-order valence-electron chi connectivity index (χ1n) is 10.6. The monoisotopic (exact) mass is 498 g/mol. The number of benzene rings is 3. The highest BCUT2D eigenvalue weighted by Gasteiger charge is 2.50. The van der Waals surface area contributed by atoms with Crippen molar-refractivity contribution in [1.82, 2.24) is 0 Å². The van der Waals surface area contributed by atoms with E-state index in [2.05, 4.69) is 5.32 Å². The average Bonchev–Trinajstić information content (AvgIpc) is 3.02. The number of carbonyl (C=O) groups is 2. The fourth-order valence-electron chi connectivity index (χ4n) is 4.40. The maximum absolute atomic E-state index is 14.1. The first-order chi connectivity index (χ1) is 16.2. The molecule has 3 aromatic rings. The third-order valence-corrected chi connectivity index (χ3v) is 6.67. The van der Waals surface area contributed by atoms with Gasteiger partial charge >= 0.3 is 0 Å². The number of nitrogens with zero attached hydrogens (tertiary/aromatic N) is 1. The number of rotatable bonds is 6. The van der Waals surface area contributed by atoms with Crippen molar-refractivity contribution in [2.24, 2.45) is 0 Å². The lowest BCUT2D eigenvalue weighted by molar-refractivity contribution is -0.121. The molecule has 8 heteroatoms. The average molecular weight is 499 g/mol. The fourth-order valence-corrected chi connectivity index (χ4v) is 4.88. The summed E-state index contributed by atoms with van der Waals surface area (Å²) in [5, 5.41) is 3.69. The van der Waals surface area contributed by atoms with Crippen molar-refractivity contribution < 1.29 is 19.1 Å². The van der Waals surface area contributed by atoms with Crippen molar-refractivity contribution >= 4 is 46.4 Å². The van der Waals surface area contributed by atoms with Crippen molar-refractivity contribution in [3.63, 3.8) is 0 Å². The van der Waals surface area contributed by atoms with E-state index in [1.54, 1.807) is 55.5 Å². The number of halogens is 2. The number of carbonyl (C=O) groups excluding carboxylic acids is 2. The van der Waals surface area contributed by atoms with Crippen LogP contribution in [0.4, 0.5) is 11.4 Å². The smallest absolute Gasteiger partial charge is 0.242 e. The molecule has 1 aliphatic heterocycles. The summed E-state index contributed by atoms with van der Waals surface area (Å²) in [5.41, 5.74) is 2.30. The molecule has 1 heterocycles. The van der Waals surface area contributed by atoms with E-state index in [-0.39, 0.29) is 18.4 Å². The van der Waals surface area contributed by atoms with Gasteiger partial charge in [0.25, 0.3) is 0 Å². The van der Waals surface area contributed by atoms with Crippen molar-refractivity contribution in [3.8, 4) is 11.5 Å². The Bertz CT molecular complexity index is 1290. The van der Waals surface area contributed by atoms with E-state index < -0.39 is 5.41 Å². The minimum Gasteiger partial charge on any atom is -0.497 e. The predicted molar refractivity (Wildman–Crippen MR) is 134 cm³/mol. The van der Waals surface area contributed by atoms with Crippen LogP contribution in [0.3, 0.4) is 0 Å². The van der Waals surface area contributed by atoms with Gasteiger partial charge in [0.05, 0.1) is 20.8 Å². The molecule has 1 atom stereocenters. The number of anilines is 2. The highest BCUT2D eigenvalue weighted by atomic mass is 35.5. The maximum Gasteiger partial charge on any atom is 0.242 e. The highest BCUT2D eigenvalue weighted by Crippen LogP contribution is 2.50. The van der Waals surface area contributed by atoms with Crippen LogP contribution >= 0.6 is 23.2 Å². The predicted octanol–water partition coefficient (Wildman–Crippen LogP) is 5.82. The Hall–Kier alpha value is -3.22. The summed E-state index contributed by atoms with van der Waals surface area (Å²) in [7, 11) is 3.16. The molecule has 4 rings (SSSR count). The number of ether oxygens (including phenoxy) is 2. The maximum atomic E-state index is 14.1. The van der Waals surface area contributed by atoms with Gasteiger partial charge in [0, 0.05) is 40.0 Å². The molecule has 3 aromatic carbocycles. The van der Waals surface area contributed by atoms with Gasteiger partial charge in [-0.15, -0.1) is 0 Å². The number of nitrogens with one attached hydrogen (secondary N) is 1. The molecule has 176 valence electrons. The van der Waals surface area contributed by atoms with Crippen LogP contribution in [-0.4, -0.2) is 26.0 Å². The molecule has 0 bridgehead atoms. The summed E-state index contributed by atoms with van der Waals surface area (Å²) in [6.07, 6.45) is 0. The SMILES string of the molecule is COc1ccc(CN2C(=O)C(C)(c3cc(NC(C)=O)ccc3Cl)c3cc(Cl)ccc32)c(OC)c1. The second-order valence-corrected chi connectivity index (χ2v) is 9.07. The lowest BCUT2D eigenvalue weighted by atomic mass is 9.77. The van der Waals surface area contributed by atoms with E-state index in [0.717, 1.165) is 16.8 Å². The molecule has 2 amide bonds. The van der Waals surface area contributed by atoms with Crippen LogP contribution in [0.2, 0.25) is 10.0 Å². The Morgan fingerprint density at radius 1 is 1.00 bits per heavy atom. The van der Waals surface area contributed by atoms with Gasteiger partial charge in [-0.05, 0) is 66.6 Å². The first kappa shape index (κ1) is 23.9. The van der Waals surface area contributed by atoms with Crippen molar-refractivity contribution in [2.75, 3.05) is 24.4 Å². The standard InChI is InChI=1S/C26H24Cl2N2O4/c1-15(31)29-18-7-9-22(28)20(12-18)26(2)21-11-17(27)6-10-23(21)30(25(26)32)14-16-5-8-19(33-3)13-24(16)34-4/h5-13H,14H2,1-4H3,(H,29,31). The van der Waals surface area contributed by atoms with E-state index in [0.29, 0.717) is 32.8 Å². The van der Waals surface area contributed by atoms with Gasteiger partial charge in [-0.3, -0.25) is 9.59 Å². The molecule has 0 spiro atoms. The molecule has 0 aromatic heterocycles. The minimum absolute atomic E-state index is 0.162. The van der Waals surface area contributed by atoms with Crippen molar-refractivity contribution in [3.05, 3.63) is 81.3 Å². The number of hydrogen-bond donors (Lipinski definition) is 1. The molecular formula is C26H24Cl2N2O4. The number of fused-ring (bicyclic) bond motifs is 1. The van der Waals surface area contributed by atoms with E-state index in [9.17, 15) is 9.59 Å². The van der Waals surface area contributed by atoms with Gasteiger partial charge in [-0.25, -0.2) is 0 Å². The summed E-state index contributed by atoms with van der Waals surface area (Å²) in [6.45, 7) is 3.53. The topological polar surface area (TPSA) is 67.9 Å². The number of amides is 2. The Kier molecular flexibility index (Phi) is 6.47. The normalized spacial score (nSPS) is 16.9. The molecule has 0 aliphatic carbocycles. The zero-order valence-electron chi connectivity index (χ0n) is 19.2. The second kappa shape index (κ2) is 9.20. The number of methoxy groups -OCH3 is 2. The van der Waals surface area contributed by atoms with Crippen LogP contribution in [0.25, 0.3) is 0 Å². The molecule has 1 unspecified atom stereocenters. The molecule has 0 radical (unpaired) electrons. The minimum atomic E-state index is -1.12. The molecular weight excluding hydrogens is 475 g/mol. The van der Waals surface area contributed by atoms with E-state index >= 15 is 0 Å². The van der Waals surface area contributed by atoms with Gasteiger partial charge in [0.15, 0.2) is 0 Å². The lowest BCUT2D eigenvalue weighted by Crippen LogP contribution is -2.39. The van der Waals surface area contributed by atoms with Gasteiger partial charge in [-0.1, -0.05) is 23.2 Å². The number of hydrogen-bond acceptors (Lipinski definition) is 4. The summed E-state index contributed by atoms with van der Waals surface area (Å²) in [4.78, 5) is 27.4. The van der Waals surface area contributed by atoms with Crippen molar-refractivity contribution in [2.45, 2.75) is 25.8 Å². The van der Waals surface area contributed by atoms with Gasteiger partial charge < -0.3 is 19.7 Å². The van der Waals surface area contributed by atoms with Crippen LogP contribution in [-0.2, 0) is 21.5 Å². The largest absolute Gasteiger partial charge is 0.497 e. The Morgan fingerprint density at radius 3 is 2.44 bits per heavy atom. The van der Waals surface area contributed by atoms with E-state index in [1.165, 1.54) is 6.92 Å². The molecule has 1 aliphatic rings. The summed E-state index contributed by atoms with van der Waals surface area (Å²) in [6, 6.07) is 16.0. The molecule has 0 saturated heterocycles. The van der Waals surface area contributed by atoms with E-state index in [4.69, 9.17) is 32.7 Å². The third-order valence-electron chi connectivity index (χ3n) is 6.11. The summed E-state index contributed by atoms with van der Waals surface area (Å²) < 4.78 is 10.8. The Balaban J connectivity index is 1.84. The fraction of sp³-hybridized carbons (Fsp3) is 0.231. The first-order valence-corrected chi connectivity index (χ1v) is 11.3. The molecule has 0 fully saturated rings. The quantitative estimate of drug-likeness (QED) is 0.464. The van der Waals surface area contributed by atoms with Gasteiger partial charge in [0.2, 0.25) is 11.8 Å². The van der Waals surface area contributed by atoms with Crippen LogP contribution in [0.1, 0.15) is 30.5 Å². The van der Waals surface area contributed by atoms with Gasteiger partial charge in [-0.2, -0.15) is 0 Å². The zero-order valence-corrected chi connectivity index (χ0v) is 20.8.